The molecule has 1 heterocycles. The van der Waals surface area contributed by atoms with Crippen molar-refractivity contribution >= 4 is 0 Å². The molecule has 1 aliphatic rings. The SMILES string of the molecule is CCCNC1c2ccc(C)c(F)c2OC1CC. The van der Waals surface area contributed by atoms with Crippen LogP contribution in [0, 0.1) is 12.7 Å². The Hall–Kier alpha value is -1.09. The lowest BCUT2D eigenvalue weighted by atomic mass is 10.0. The lowest BCUT2D eigenvalue weighted by molar-refractivity contribution is 0.179. The molecule has 1 aliphatic heterocycles. The zero-order chi connectivity index (χ0) is 12.4. The van der Waals surface area contributed by atoms with Crippen LogP contribution in [-0.2, 0) is 0 Å². The Labute approximate surface area is 102 Å². The van der Waals surface area contributed by atoms with Gasteiger partial charge in [-0.1, -0.05) is 26.0 Å². The normalized spacial score (nSPS) is 22.4. The van der Waals surface area contributed by atoms with E-state index in [0.29, 0.717) is 11.3 Å². The number of fused-ring (bicyclic) bond motifs is 1. The Kier molecular flexibility index (Phi) is 3.67. The number of hydrogen-bond donors (Lipinski definition) is 1. The fourth-order valence-electron chi connectivity index (χ4n) is 2.31. The van der Waals surface area contributed by atoms with E-state index in [1.807, 2.05) is 12.1 Å². The third-order valence-corrected chi connectivity index (χ3v) is 3.31. The van der Waals surface area contributed by atoms with Gasteiger partial charge in [-0.2, -0.15) is 0 Å². The van der Waals surface area contributed by atoms with E-state index in [9.17, 15) is 4.39 Å². The fraction of sp³-hybridized carbons (Fsp3) is 0.571. The lowest BCUT2D eigenvalue weighted by Gasteiger charge is -2.18. The van der Waals surface area contributed by atoms with E-state index in [0.717, 1.165) is 24.9 Å². The molecule has 17 heavy (non-hydrogen) atoms. The van der Waals surface area contributed by atoms with E-state index in [1.165, 1.54) is 0 Å². The summed E-state index contributed by atoms with van der Waals surface area (Å²) in [5, 5.41) is 3.44. The summed E-state index contributed by atoms with van der Waals surface area (Å²) in [6, 6.07) is 3.94. The van der Waals surface area contributed by atoms with Gasteiger partial charge in [0.15, 0.2) is 11.6 Å². The minimum absolute atomic E-state index is 0.0489. The average molecular weight is 237 g/mol. The lowest BCUT2D eigenvalue weighted by Crippen LogP contribution is -2.30. The Bertz CT molecular complexity index is 405. The molecule has 2 rings (SSSR count). The number of rotatable bonds is 4. The highest BCUT2D eigenvalue weighted by molar-refractivity contribution is 5.44. The van der Waals surface area contributed by atoms with Crippen molar-refractivity contribution in [3.05, 3.63) is 29.1 Å². The largest absolute Gasteiger partial charge is 0.485 e. The fourth-order valence-corrected chi connectivity index (χ4v) is 2.31. The van der Waals surface area contributed by atoms with Crippen LogP contribution in [0.4, 0.5) is 4.39 Å². The van der Waals surface area contributed by atoms with Gasteiger partial charge in [-0.3, -0.25) is 0 Å². The summed E-state index contributed by atoms with van der Waals surface area (Å²) < 4.78 is 19.7. The van der Waals surface area contributed by atoms with Gasteiger partial charge in [-0.25, -0.2) is 4.39 Å². The molecule has 1 aromatic rings. The minimum atomic E-state index is -0.207. The van der Waals surface area contributed by atoms with Gasteiger partial charge in [0, 0.05) is 5.56 Å². The Morgan fingerprint density at radius 3 is 2.76 bits per heavy atom. The summed E-state index contributed by atoms with van der Waals surface area (Å²) in [5.41, 5.74) is 1.61. The highest BCUT2D eigenvalue weighted by Gasteiger charge is 2.34. The molecule has 0 bridgehead atoms. The molecule has 0 fully saturated rings. The van der Waals surface area contributed by atoms with Gasteiger partial charge in [0.05, 0.1) is 6.04 Å². The molecule has 0 saturated carbocycles. The second kappa shape index (κ2) is 5.05. The van der Waals surface area contributed by atoms with Crippen molar-refractivity contribution < 1.29 is 9.13 Å². The predicted octanol–water partition coefficient (Wildman–Crippen LogP) is 3.35. The van der Waals surface area contributed by atoms with E-state index < -0.39 is 0 Å². The van der Waals surface area contributed by atoms with Crippen molar-refractivity contribution in [2.45, 2.75) is 45.8 Å². The van der Waals surface area contributed by atoms with Gasteiger partial charge in [0.2, 0.25) is 0 Å². The molecular formula is C14H20FNO. The van der Waals surface area contributed by atoms with Crippen LogP contribution in [0.5, 0.6) is 5.75 Å². The minimum Gasteiger partial charge on any atom is -0.485 e. The van der Waals surface area contributed by atoms with Gasteiger partial charge in [0.1, 0.15) is 6.10 Å². The third-order valence-electron chi connectivity index (χ3n) is 3.31. The molecule has 0 aromatic heterocycles. The van der Waals surface area contributed by atoms with Crippen LogP contribution in [0.2, 0.25) is 0 Å². The second-order valence-electron chi connectivity index (χ2n) is 4.61. The molecule has 0 saturated heterocycles. The van der Waals surface area contributed by atoms with Crippen molar-refractivity contribution in [1.29, 1.82) is 0 Å². The average Bonchev–Trinajstić information content (AvgIpc) is 2.70. The topological polar surface area (TPSA) is 21.3 Å². The number of ether oxygens (including phenoxy) is 1. The first-order valence-electron chi connectivity index (χ1n) is 6.38. The smallest absolute Gasteiger partial charge is 0.168 e. The summed E-state index contributed by atoms with van der Waals surface area (Å²) in [7, 11) is 0. The molecular weight excluding hydrogens is 217 g/mol. The predicted molar refractivity (Wildman–Crippen MR) is 66.9 cm³/mol. The van der Waals surface area contributed by atoms with E-state index in [4.69, 9.17) is 4.74 Å². The molecule has 3 heteroatoms. The van der Waals surface area contributed by atoms with Crippen molar-refractivity contribution in [2.75, 3.05) is 6.54 Å². The van der Waals surface area contributed by atoms with Gasteiger partial charge in [-0.05, 0) is 31.9 Å². The van der Waals surface area contributed by atoms with Gasteiger partial charge in [-0.15, -0.1) is 0 Å². The van der Waals surface area contributed by atoms with Crippen LogP contribution in [0.1, 0.15) is 43.9 Å². The molecule has 0 spiro atoms. The molecule has 0 amide bonds. The molecule has 0 aliphatic carbocycles. The first-order chi connectivity index (χ1) is 8.19. The van der Waals surface area contributed by atoms with Crippen LogP contribution in [0.15, 0.2) is 12.1 Å². The maximum atomic E-state index is 14.0. The molecule has 2 unspecified atom stereocenters. The van der Waals surface area contributed by atoms with Crippen LogP contribution >= 0.6 is 0 Å². The number of benzene rings is 1. The standard InChI is InChI=1S/C14H20FNO/c1-4-8-16-13-10-7-6-9(3)12(15)14(10)17-11(13)5-2/h6-7,11,13,16H,4-5,8H2,1-3H3. The van der Waals surface area contributed by atoms with E-state index in [-0.39, 0.29) is 18.0 Å². The van der Waals surface area contributed by atoms with Gasteiger partial charge in [0.25, 0.3) is 0 Å². The maximum absolute atomic E-state index is 14.0. The number of aryl methyl sites for hydroxylation is 1. The van der Waals surface area contributed by atoms with Crippen LogP contribution in [0.3, 0.4) is 0 Å². The Morgan fingerprint density at radius 1 is 1.35 bits per heavy atom. The third kappa shape index (κ3) is 2.16. The maximum Gasteiger partial charge on any atom is 0.168 e. The van der Waals surface area contributed by atoms with Crippen LogP contribution < -0.4 is 10.1 Å². The Morgan fingerprint density at radius 2 is 2.12 bits per heavy atom. The van der Waals surface area contributed by atoms with Crippen molar-refractivity contribution in [2.24, 2.45) is 0 Å². The quantitative estimate of drug-likeness (QED) is 0.867. The summed E-state index contributed by atoms with van der Waals surface area (Å²) in [6.45, 7) is 6.90. The van der Waals surface area contributed by atoms with Gasteiger partial charge >= 0.3 is 0 Å². The summed E-state index contributed by atoms with van der Waals surface area (Å²) >= 11 is 0. The van der Waals surface area contributed by atoms with E-state index >= 15 is 0 Å². The van der Waals surface area contributed by atoms with Crippen molar-refractivity contribution in [1.82, 2.24) is 5.32 Å². The van der Waals surface area contributed by atoms with E-state index in [1.54, 1.807) is 6.92 Å². The van der Waals surface area contributed by atoms with Crippen LogP contribution in [0.25, 0.3) is 0 Å². The molecule has 2 nitrogen and oxygen atoms in total. The van der Waals surface area contributed by atoms with Crippen molar-refractivity contribution in [3.63, 3.8) is 0 Å². The number of nitrogens with one attached hydrogen (secondary N) is 1. The first kappa shape index (κ1) is 12.4. The summed E-state index contributed by atoms with van der Waals surface area (Å²) in [6.07, 6.45) is 2.00. The first-order valence-corrected chi connectivity index (χ1v) is 6.38. The zero-order valence-electron chi connectivity index (χ0n) is 10.7. The monoisotopic (exact) mass is 237 g/mol. The second-order valence-corrected chi connectivity index (χ2v) is 4.61. The number of halogens is 1. The highest BCUT2D eigenvalue weighted by Crippen LogP contribution is 2.40. The Balaban J connectivity index is 2.32. The number of hydrogen-bond acceptors (Lipinski definition) is 2. The molecule has 1 aromatic carbocycles. The molecule has 0 radical (unpaired) electrons. The van der Waals surface area contributed by atoms with E-state index in [2.05, 4.69) is 19.2 Å². The highest BCUT2D eigenvalue weighted by atomic mass is 19.1. The summed E-state index contributed by atoms with van der Waals surface area (Å²) in [5.74, 6) is 0.243. The van der Waals surface area contributed by atoms with Crippen molar-refractivity contribution in [3.8, 4) is 5.75 Å². The van der Waals surface area contributed by atoms with Crippen LogP contribution in [-0.4, -0.2) is 12.6 Å². The zero-order valence-corrected chi connectivity index (χ0v) is 10.7. The molecule has 2 atom stereocenters. The van der Waals surface area contributed by atoms with Gasteiger partial charge < -0.3 is 10.1 Å². The summed E-state index contributed by atoms with van der Waals surface area (Å²) in [4.78, 5) is 0. The molecule has 94 valence electrons. The molecule has 1 N–H and O–H groups in total.